The van der Waals surface area contributed by atoms with Crippen LogP contribution in [0.2, 0.25) is 0 Å². The van der Waals surface area contributed by atoms with E-state index >= 15 is 0 Å². The molecule has 2 aliphatic rings. The van der Waals surface area contributed by atoms with E-state index in [1.54, 1.807) is 14.0 Å². The van der Waals surface area contributed by atoms with E-state index in [4.69, 9.17) is 9.84 Å². The predicted octanol–water partition coefficient (Wildman–Crippen LogP) is 1.60. The molecule has 2 rings (SSSR count). The van der Waals surface area contributed by atoms with E-state index in [1.165, 1.54) is 25.7 Å². The zero-order chi connectivity index (χ0) is 12.5. The monoisotopic (exact) mass is 241 g/mol. The molecule has 17 heavy (non-hydrogen) atoms. The molecule has 0 bridgehead atoms. The van der Waals surface area contributed by atoms with Gasteiger partial charge in [-0.05, 0) is 25.2 Å². The molecule has 1 N–H and O–H groups in total. The van der Waals surface area contributed by atoms with Crippen molar-refractivity contribution < 1.29 is 14.6 Å². The summed E-state index contributed by atoms with van der Waals surface area (Å²) in [7, 11) is 1.74. The van der Waals surface area contributed by atoms with E-state index in [1.807, 2.05) is 0 Å². The minimum Gasteiger partial charge on any atom is -0.480 e. The Morgan fingerprint density at radius 3 is 2.71 bits per heavy atom. The number of rotatable bonds is 4. The Balaban J connectivity index is 2.09. The highest BCUT2D eigenvalue weighted by Gasteiger charge is 2.49. The maximum Gasteiger partial charge on any atom is 0.320 e. The van der Waals surface area contributed by atoms with Crippen LogP contribution in [0, 0.1) is 11.3 Å². The van der Waals surface area contributed by atoms with Crippen LogP contribution in [0.1, 0.15) is 32.6 Å². The lowest BCUT2D eigenvalue weighted by Gasteiger charge is -2.29. The van der Waals surface area contributed by atoms with Gasteiger partial charge in [-0.1, -0.05) is 12.8 Å². The Morgan fingerprint density at radius 2 is 2.18 bits per heavy atom. The average Bonchev–Trinajstić information content (AvgIpc) is 2.88. The number of carbonyl (C=O) groups is 1. The highest BCUT2D eigenvalue weighted by Crippen LogP contribution is 2.49. The smallest absolute Gasteiger partial charge is 0.320 e. The van der Waals surface area contributed by atoms with Crippen molar-refractivity contribution in [3.8, 4) is 0 Å². The quantitative estimate of drug-likeness (QED) is 0.812. The molecule has 4 heteroatoms. The minimum absolute atomic E-state index is 0.333. The fourth-order valence-corrected chi connectivity index (χ4v) is 3.60. The molecule has 0 aromatic carbocycles. The van der Waals surface area contributed by atoms with Crippen molar-refractivity contribution in [2.75, 3.05) is 26.8 Å². The topological polar surface area (TPSA) is 49.8 Å². The summed E-state index contributed by atoms with van der Waals surface area (Å²) >= 11 is 0. The lowest BCUT2D eigenvalue weighted by atomic mass is 9.77. The molecule has 1 aliphatic carbocycles. The Labute approximate surface area is 103 Å². The van der Waals surface area contributed by atoms with Crippen LogP contribution in [0.4, 0.5) is 0 Å². The SMILES string of the molecule is COC[C@H]1CN([C@@H](C)C(=O)O)CC12CCCC2. The normalized spacial score (nSPS) is 29.9. The van der Waals surface area contributed by atoms with Gasteiger partial charge < -0.3 is 9.84 Å². The summed E-state index contributed by atoms with van der Waals surface area (Å²) < 4.78 is 5.33. The van der Waals surface area contributed by atoms with Gasteiger partial charge in [-0.15, -0.1) is 0 Å². The molecule has 4 nitrogen and oxygen atoms in total. The lowest BCUT2D eigenvalue weighted by molar-refractivity contribution is -0.142. The van der Waals surface area contributed by atoms with Gasteiger partial charge >= 0.3 is 5.97 Å². The summed E-state index contributed by atoms with van der Waals surface area (Å²) in [6, 6.07) is -0.366. The van der Waals surface area contributed by atoms with Gasteiger partial charge in [-0.2, -0.15) is 0 Å². The van der Waals surface area contributed by atoms with Crippen molar-refractivity contribution in [3.63, 3.8) is 0 Å². The molecule has 0 unspecified atom stereocenters. The number of hydrogen-bond acceptors (Lipinski definition) is 3. The highest BCUT2D eigenvalue weighted by molar-refractivity contribution is 5.72. The first-order valence-corrected chi connectivity index (χ1v) is 6.55. The summed E-state index contributed by atoms with van der Waals surface area (Å²) in [5.41, 5.74) is 0.333. The molecular formula is C13H23NO3. The predicted molar refractivity (Wildman–Crippen MR) is 64.9 cm³/mol. The second-order valence-corrected chi connectivity index (χ2v) is 5.67. The van der Waals surface area contributed by atoms with E-state index < -0.39 is 5.97 Å². The van der Waals surface area contributed by atoms with Crippen LogP contribution in [-0.2, 0) is 9.53 Å². The van der Waals surface area contributed by atoms with Gasteiger partial charge in [-0.25, -0.2) is 0 Å². The summed E-state index contributed by atoms with van der Waals surface area (Å²) in [6.07, 6.45) is 5.05. The third-order valence-electron chi connectivity index (χ3n) is 4.71. The highest BCUT2D eigenvalue weighted by atomic mass is 16.5. The summed E-state index contributed by atoms with van der Waals surface area (Å²) in [5, 5.41) is 9.12. The molecule has 98 valence electrons. The molecule has 0 aromatic heterocycles. The van der Waals surface area contributed by atoms with Gasteiger partial charge in [0.1, 0.15) is 6.04 Å². The molecule has 1 saturated carbocycles. The van der Waals surface area contributed by atoms with Crippen molar-refractivity contribution in [1.29, 1.82) is 0 Å². The average molecular weight is 241 g/mol. The van der Waals surface area contributed by atoms with Crippen LogP contribution in [0.3, 0.4) is 0 Å². The number of carboxylic acids is 1. The number of aliphatic carboxylic acids is 1. The molecule has 1 saturated heterocycles. The Kier molecular flexibility index (Phi) is 3.73. The molecule has 1 heterocycles. The van der Waals surface area contributed by atoms with Crippen molar-refractivity contribution >= 4 is 5.97 Å². The zero-order valence-corrected chi connectivity index (χ0v) is 10.8. The van der Waals surface area contributed by atoms with Crippen LogP contribution in [0.25, 0.3) is 0 Å². The van der Waals surface area contributed by atoms with Crippen molar-refractivity contribution in [2.24, 2.45) is 11.3 Å². The van der Waals surface area contributed by atoms with Gasteiger partial charge in [-0.3, -0.25) is 9.69 Å². The Bertz CT molecular complexity index is 286. The standard InChI is InChI=1S/C13H23NO3/c1-10(12(15)16)14-7-11(8-17-2)13(9-14)5-3-4-6-13/h10-11H,3-9H2,1-2H3,(H,15,16)/t10-,11+/m0/s1. The molecular weight excluding hydrogens is 218 g/mol. The largest absolute Gasteiger partial charge is 0.480 e. The van der Waals surface area contributed by atoms with Crippen LogP contribution < -0.4 is 0 Å². The van der Waals surface area contributed by atoms with Crippen molar-refractivity contribution in [1.82, 2.24) is 4.90 Å². The van der Waals surface area contributed by atoms with Gasteiger partial charge in [0.2, 0.25) is 0 Å². The summed E-state index contributed by atoms with van der Waals surface area (Å²) in [6.45, 7) is 4.37. The Hall–Kier alpha value is -0.610. The van der Waals surface area contributed by atoms with E-state index in [0.717, 1.165) is 19.7 Å². The van der Waals surface area contributed by atoms with Gasteiger partial charge in [0.05, 0.1) is 6.61 Å². The first-order chi connectivity index (χ1) is 8.09. The fraction of sp³-hybridized carbons (Fsp3) is 0.923. The number of likely N-dealkylation sites (tertiary alicyclic amines) is 1. The summed E-state index contributed by atoms with van der Waals surface area (Å²) in [4.78, 5) is 13.2. The second kappa shape index (κ2) is 4.94. The van der Waals surface area contributed by atoms with Crippen LogP contribution in [0.5, 0.6) is 0 Å². The molecule has 1 spiro atoms. The minimum atomic E-state index is -0.712. The maximum atomic E-state index is 11.1. The third kappa shape index (κ3) is 2.33. The number of carboxylic acid groups (broad SMARTS) is 1. The van der Waals surface area contributed by atoms with Gasteiger partial charge in [0, 0.05) is 26.1 Å². The van der Waals surface area contributed by atoms with Gasteiger partial charge in [0.15, 0.2) is 0 Å². The molecule has 1 aliphatic heterocycles. The molecule has 0 radical (unpaired) electrons. The van der Waals surface area contributed by atoms with Crippen LogP contribution in [-0.4, -0.2) is 48.8 Å². The summed E-state index contributed by atoms with van der Waals surface area (Å²) in [5.74, 6) is -0.201. The van der Waals surface area contributed by atoms with Gasteiger partial charge in [0.25, 0.3) is 0 Å². The van der Waals surface area contributed by atoms with Crippen LogP contribution >= 0.6 is 0 Å². The number of hydrogen-bond donors (Lipinski definition) is 1. The van der Waals surface area contributed by atoms with Crippen molar-refractivity contribution in [3.05, 3.63) is 0 Å². The van der Waals surface area contributed by atoms with Crippen LogP contribution in [0.15, 0.2) is 0 Å². The second-order valence-electron chi connectivity index (χ2n) is 5.67. The van der Waals surface area contributed by atoms with E-state index in [0.29, 0.717) is 11.3 Å². The number of nitrogens with zero attached hydrogens (tertiary/aromatic N) is 1. The first kappa shape index (κ1) is 12.8. The Morgan fingerprint density at radius 1 is 1.53 bits per heavy atom. The molecule has 2 fully saturated rings. The fourth-order valence-electron chi connectivity index (χ4n) is 3.60. The lowest BCUT2D eigenvalue weighted by Crippen LogP contribution is -2.38. The third-order valence-corrected chi connectivity index (χ3v) is 4.71. The first-order valence-electron chi connectivity index (χ1n) is 6.55. The maximum absolute atomic E-state index is 11.1. The van der Waals surface area contributed by atoms with E-state index in [9.17, 15) is 4.79 Å². The number of ether oxygens (including phenoxy) is 1. The van der Waals surface area contributed by atoms with E-state index in [-0.39, 0.29) is 6.04 Å². The molecule has 0 aromatic rings. The zero-order valence-electron chi connectivity index (χ0n) is 10.8. The molecule has 2 atom stereocenters. The molecule has 0 amide bonds. The van der Waals surface area contributed by atoms with Crippen molar-refractivity contribution in [2.45, 2.75) is 38.6 Å². The number of methoxy groups -OCH3 is 1. The van der Waals surface area contributed by atoms with E-state index in [2.05, 4.69) is 4.90 Å².